The third kappa shape index (κ3) is 2.16. The zero-order chi connectivity index (χ0) is 9.28. The molecule has 0 saturated carbocycles. The second kappa shape index (κ2) is 3.41. The number of aliphatic hydroxyl groups is 1. The summed E-state index contributed by atoms with van der Waals surface area (Å²) >= 11 is 3.03. The molecule has 0 aliphatic heterocycles. The zero-order valence-corrected chi connectivity index (χ0v) is 9.24. The van der Waals surface area contributed by atoms with Gasteiger partial charge in [-0.25, -0.2) is 8.42 Å². The lowest BCUT2D eigenvalue weighted by Gasteiger charge is -2.26. The smallest absolute Gasteiger partial charge is 0.165 e. The van der Waals surface area contributed by atoms with E-state index >= 15 is 0 Å². The highest BCUT2D eigenvalue weighted by atomic mass is 79.9. The van der Waals surface area contributed by atoms with Gasteiger partial charge in [-0.3, -0.25) is 0 Å². The van der Waals surface area contributed by atoms with Crippen LogP contribution in [0, 0.1) is 0 Å². The minimum absolute atomic E-state index is 0.351. The van der Waals surface area contributed by atoms with Gasteiger partial charge in [0.05, 0.1) is 6.10 Å². The van der Waals surface area contributed by atoms with Crippen molar-refractivity contribution in [3.8, 4) is 0 Å². The number of hydrogen-bond acceptors (Lipinski definition) is 3. The van der Waals surface area contributed by atoms with Crippen LogP contribution in [0.5, 0.6) is 0 Å². The molecule has 0 saturated heterocycles. The van der Waals surface area contributed by atoms with Gasteiger partial charge < -0.3 is 5.11 Å². The topological polar surface area (TPSA) is 54.4 Å². The number of alkyl halides is 1. The van der Waals surface area contributed by atoms with Crippen molar-refractivity contribution in [3.05, 3.63) is 0 Å². The van der Waals surface area contributed by atoms with E-state index in [2.05, 4.69) is 15.9 Å². The summed E-state index contributed by atoms with van der Waals surface area (Å²) in [7, 11) is -3.25. The number of rotatable bonds is 3. The maximum absolute atomic E-state index is 11.1. The van der Waals surface area contributed by atoms with Crippen LogP contribution >= 0.6 is 15.9 Å². The summed E-state index contributed by atoms with van der Waals surface area (Å²) in [6.45, 7) is 3.17. The molecule has 11 heavy (non-hydrogen) atoms. The van der Waals surface area contributed by atoms with Gasteiger partial charge in [0.2, 0.25) is 0 Å². The molecule has 0 aromatic rings. The zero-order valence-electron chi connectivity index (χ0n) is 6.83. The Morgan fingerprint density at radius 1 is 1.64 bits per heavy atom. The first-order valence-corrected chi connectivity index (χ1v) is 6.00. The van der Waals surface area contributed by atoms with Crippen molar-refractivity contribution in [1.82, 2.24) is 0 Å². The summed E-state index contributed by atoms with van der Waals surface area (Å²) in [4.78, 5) is 0. The molecule has 68 valence electrons. The maximum Gasteiger partial charge on any atom is 0.165 e. The van der Waals surface area contributed by atoms with Crippen LogP contribution in [0.15, 0.2) is 0 Å². The minimum Gasteiger partial charge on any atom is -0.391 e. The van der Waals surface area contributed by atoms with Crippen molar-refractivity contribution in [2.75, 3.05) is 6.26 Å². The molecular weight excluding hydrogens is 232 g/mol. The van der Waals surface area contributed by atoms with Crippen LogP contribution in [0.4, 0.5) is 0 Å². The summed E-state index contributed by atoms with van der Waals surface area (Å²) in [6, 6.07) is 0. The summed E-state index contributed by atoms with van der Waals surface area (Å²) in [6.07, 6.45) is 0.559. The van der Waals surface area contributed by atoms with Crippen molar-refractivity contribution < 1.29 is 13.5 Å². The van der Waals surface area contributed by atoms with Gasteiger partial charge in [-0.05, 0) is 13.3 Å². The van der Waals surface area contributed by atoms with Crippen LogP contribution in [-0.4, -0.2) is 29.5 Å². The lowest BCUT2D eigenvalue weighted by Crippen LogP contribution is -2.40. The van der Waals surface area contributed by atoms with E-state index in [1.807, 2.05) is 0 Å². The van der Waals surface area contributed by atoms with E-state index in [1.165, 1.54) is 6.92 Å². The Morgan fingerprint density at radius 3 is 2.00 bits per heavy atom. The first-order chi connectivity index (χ1) is 4.75. The van der Waals surface area contributed by atoms with Crippen molar-refractivity contribution in [1.29, 1.82) is 0 Å². The van der Waals surface area contributed by atoms with Crippen LogP contribution in [0.3, 0.4) is 0 Å². The maximum atomic E-state index is 11.1. The molecule has 0 aromatic carbocycles. The predicted octanol–water partition coefficient (Wildman–Crippen LogP) is 0.913. The van der Waals surface area contributed by atoms with Gasteiger partial charge in [-0.1, -0.05) is 22.9 Å². The molecule has 0 aliphatic rings. The molecule has 1 N–H and O–H groups in total. The van der Waals surface area contributed by atoms with E-state index in [1.54, 1.807) is 6.92 Å². The van der Waals surface area contributed by atoms with Gasteiger partial charge in [0, 0.05) is 6.26 Å². The van der Waals surface area contributed by atoms with Crippen LogP contribution in [-0.2, 0) is 9.84 Å². The van der Waals surface area contributed by atoms with Gasteiger partial charge in [0.1, 0.15) is 0 Å². The van der Waals surface area contributed by atoms with Crippen LogP contribution in [0.25, 0.3) is 0 Å². The monoisotopic (exact) mass is 244 g/mol. The predicted molar refractivity (Wildman–Crippen MR) is 48.5 cm³/mol. The van der Waals surface area contributed by atoms with Crippen LogP contribution in [0.2, 0.25) is 0 Å². The molecule has 0 amide bonds. The van der Waals surface area contributed by atoms with Gasteiger partial charge in [-0.2, -0.15) is 0 Å². The highest BCUT2D eigenvalue weighted by molar-refractivity contribution is 9.11. The summed E-state index contributed by atoms with van der Waals surface area (Å²) in [5.74, 6) is 0. The fourth-order valence-corrected chi connectivity index (χ4v) is 2.01. The molecule has 3 nitrogen and oxygen atoms in total. The van der Waals surface area contributed by atoms with E-state index in [-0.39, 0.29) is 0 Å². The first-order valence-electron chi connectivity index (χ1n) is 3.32. The number of hydrogen-bond donors (Lipinski definition) is 1. The highest BCUT2D eigenvalue weighted by Crippen LogP contribution is 2.32. The fourth-order valence-electron chi connectivity index (χ4n) is 0.867. The lowest BCUT2D eigenvalue weighted by atomic mass is 10.2. The van der Waals surface area contributed by atoms with Gasteiger partial charge in [-0.15, -0.1) is 0 Å². The minimum atomic E-state index is -3.25. The van der Waals surface area contributed by atoms with E-state index in [0.717, 1.165) is 6.26 Å². The van der Waals surface area contributed by atoms with Crippen molar-refractivity contribution in [3.63, 3.8) is 0 Å². The Morgan fingerprint density at radius 2 is 2.00 bits per heavy atom. The summed E-state index contributed by atoms with van der Waals surface area (Å²) in [5, 5.41) is 9.18. The molecule has 0 bridgehead atoms. The SMILES string of the molecule is CCC(Br)(C(C)O)S(C)(=O)=O. The third-order valence-electron chi connectivity index (χ3n) is 1.72. The molecule has 0 radical (unpaired) electrons. The average molecular weight is 245 g/mol. The fraction of sp³-hybridized carbons (Fsp3) is 1.00. The van der Waals surface area contributed by atoms with E-state index in [0.29, 0.717) is 6.42 Å². The molecule has 0 rings (SSSR count). The molecule has 0 spiro atoms. The van der Waals surface area contributed by atoms with Gasteiger partial charge in [0.15, 0.2) is 13.5 Å². The van der Waals surface area contributed by atoms with Gasteiger partial charge >= 0.3 is 0 Å². The normalized spacial score (nSPS) is 20.8. The lowest BCUT2D eigenvalue weighted by molar-refractivity contribution is 0.177. The molecule has 2 unspecified atom stereocenters. The quantitative estimate of drug-likeness (QED) is 0.752. The Labute approximate surface area is 75.9 Å². The summed E-state index contributed by atoms with van der Waals surface area (Å²) in [5.41, 5.74) is 0. The second-order valence-electron chi connectivity index (χ2n) is 2.59. The third-order valence-corrected chi connectivity index (χ3v) is 6.57. The van der Waals surface area contributed by atoms with E-state index in [9.17, 15) is 13.5 Å². The highest BCUT2D eigenvalue weighted by Gasteiger charge is 2.40. The Kier molecular flexibility index (Phi) is 3.53. The Bertz CT molecular complexity index is 222. The molecule has 0 heterocycles. The van der Waals surface area contributed by atoms with E-state index in [4.69, 9.17) is 0 Å². The molecule has 0 aromatic heterocycles. The molecule has 0 fully saturated rings. The van der Waals surface area contributed by atoms with E-state index < -0.39 is 19.6 Å². The Balaban J connectivity index is 4.92. The van der Waals surface area contributed by atoms with Crippen LogP contribution in [0.1, 0.15) is 20.3 Å². The van der Waals surface area contributed by atoms with Gasteiger partial charge in [0.25, 0.3) is 0 Å². The Hall–Kier alpha value is 0.390. The van der Waals surface area contributed by atoms with Crippen LogP contribution < -0.4 is 0 Å². The van der Waals surface area contributed by atoms with Crippen molar-refractivity contribution >= 4 is 25.8 Å². The standard InChI is InChI=1S/C6H13BrO3S/c1-4-6(7,5(2)8)11(3,9)10/h5,8H,4H2,1-3H3. The molecule has 0 aliphatic carbocycles. The summed E-state index contributed by atoms with van der Waals surface area (Å²) < 4.78 is 21.1. The number of sulfone groups is 1. The van der Waals surface area contributed by atoms with Crippen molar-refractivity contribution in [2.24, 2.45) is 0 Å². The molecule has 2 atom stereocenters. The average Bonchev–Trinajstić information content (AvgIpc) is 1.83. The number of aliphatic hydroxyl groups excluding tert-OH is 1. The molecular formula is C6H13BrO3S. The second-order valence-corrected chi connectivity index (χ2v) is 6.80. The largest absolute Gasteiger partial charge is 0.391 e. The molecule has 5 heteroatoms. The van der Waals surface area contributed by atoms with Crippen molar-refractivity contribution in [2.45, 2.75) is 30.0 Å². The first kappa shape index (κ1) is 11.4. The number of halogens is 1.